The second kappa shape index (κ2) is 2.91. The molecule has 0 spiro atoms. The molecule has 16 heavy (non-hydrogen) atoms. The van der Waals surface area contributed by atoms with Crippen LogP contribution in [0.2, 0.25) is 23.2 Å². The third kappa shape index (κ3) is 1.20. The predicted molar refractivity (Wildman–Crippen MR) is 68.3 cm³/mol. The van der Waals surface area contributed by atoms with E-state index in [9.17, 15) is 4.11 Å². The molecule has 0 unspecified atom stereocenters. The zero-order valence-electron chi connectivity index (χ0n) is 9.69. The van der Waals surface area contributed by atoms with Gasteiger partial charge in [-0.25, -0.2) is 0 Å². The summed E-state index contributed by atoms with van der Waals surface area (Å²) in [7, 11) is -2.45. The first-order valence-electron chi connectivity index (χ1n) is 5.82. The lowest BCUT2D eigenvalue weighted by Gasteiger charge is -2.73. The number of hydrogen-bond donors (Lipinski definition) is 0. The fraction of sp³-hybridized carbons (Fsp3) is 0.538. The van der Waals surface area contributed by atoms with E-state index in [0.29, 0.717) is 5.41 Å². The molecular weight excluding hydrogens is 239 g/mol. The number of hydrogen-bond acceptors (Lipinski definition) is 0. The Morgan fingerprint density at radius 1 is 1.12 bits per heavy atom. The van der Waals surface area contributed by atoms with Gasteiger partial charge < -0.3 is 4.11 Å². The van der Waals surface area contributed by atoms with Crippen molar-refractivity contribution in [2.75, 3.05) is 0 Å². The molecule has 0 aliphatic heterocycles. The monoisotopic (exact) mass is 254 g/mol. The van der Waals surface area contributed by atoms with Crippen LogP contribution in [0.25, 0.3) is 0 Å². The van der Waals surface area contributed by atoms with E-state index in [1.54, 1.807) is 0 Å². The van der Waals surface area contributed by atoms with Crippen LogP contribution in [0.4, 0.5) is 4.11 Å². The molecule has 4 rings (SSSR count). The molecule has 3 heteroatoms. The van der Waals surface area contributed by atoms with Crippen LogP contribution in [0.15, 0.2) is 24.3 Å². The molecule has 0 nitrogen and oxygen atoms in total. The molecule has 3 fully saturated rings. The van der Waals surface area contributed by atoms with Crippen LogP contribution in [0.5, 0.6) is 0 Å². The summed E-state index contributed by atoms with van der Waals surface area (Å²) in [5.74, 6) is 0. The summed E-state index contributed by atoms with van der Waals surface area (Å²) >= 11 is 5.88. The SMILES string of the molecule is C[Si](C)(F)C12CC(c3ccc(Cl)cc3)(C1)C2. The highest BCUT2D eigenvalue weighted by Gasteiger charge is 2.74. The average molecular weight is 255 g/mol. The van der Waals surface area contributed by atoms with Crippen molar-refractivity contribution in [3.63, 3.8) is 0 Å². The van der Waals surface area contributed by atoms with Crippen LogP contribution in [-0.4, -0.2) is 8.41 Å². The number of rotatable bonds is 2. The Morgan fingerprint density at radius 2 is 1.62 bits per heavy atom. The summed E-state index contributed by atoms with van der Waals surface area (Å²) in [6, 6.07) is 8.11. The summed E-state index contributed by atoms with van der Waals surface area (Å²) in [6.07, 6.45) is 3.20. The predicted octanol–water partition coefficient (Wildman–Crippen LogP) is 4.69. The summed E-state index contributed by atoms with van der Waals surface area (Å²) in [4.78, 5) is 0. The van der Waals surface area contributed by atoms with Gasteiger partial charge in [-0.05, 0) is 60.5 Å². The lowest BCUT2D eigenvalue weighted by molar-refractivity contribution is -0.0228. The molecule has 0 heterocycles. The maximum Gasteiger partial charge on any atom is 0.247 e. The van der Waals surface area contributed by atoms with Crippen molar-refractivity contribution >= 4 is 20.0 Å². The molecule has 0 aromatic heterocycles. The fourth-order valence-electron chi connectivity index (χ4n) is 3.53. The van der Waals surface area contributed by atoms with Crippen molar-refractivity contribution < 1.29 is 4.11 Å². The molecule has 3 aliphatic rings. The van der Waals surface area contributed by atoms with Crippen LogP contribution >= 0.6 is 11.6 Å². The van der Waals surface area contributed by atoms with E-state index >= 15 is 0 Å². The molecule has 1 aromatic rings. The molecule has 0 saturated heterocycles. The van der Waals surface area contributed by atoms with Gasteiger partial charge in [-0.15, -0.1) is 0 Å². The van der Waals surface area contributed by atoms with Gasteiger partial charge in [-0.2, -0.15) is 0 Å². The molecule has 2 bridgehead atoms. The van der Waals surface area contributed by atoms with Crippen molar-refractivity contribution in [2.24, 2.45) is 0 Å². The van der Waals surface area contributed by atoms with Gasteiger partial charge in [0.15, 0.2) is 0 Å². The third-order valence-electron chi connectivity index (χ3n) is 4.75. The van der Waals surface area contributed by atoms with Crippen molar-refractivity contribution in [3.05, 3.63) is 34.9 Å². The minimum atomic E-state index is -2.45. The van der Waals surface area contributed by atoms with Crippen molar-refractivity contribution in [2.45, 2.75) is 42.8 Å². The molecule has 0 atom stereocenters. The Morgan fingerprint density at radius 3 is 2.06 bits per heavy atom. The molecule has 1 aromatic carbocycles. The highest BCUT2D eigenvalue weighted by molar-refractivity contribution is 6.74. The molecule has 3 aliphatic carbocycles. The molecule has 3 saturated carbocycles. The summed E-state index contributed by atoms with van der Waals surface area (Å²) in [5.41, 5.74) is 1.66. The van der Waals surface area contributed by atoms with Crippen molar-refractivity contribution in [1.82, 2.24) is 0 Å². The van der Waals surface area contributed by atoms with Crippen LogP contribution in [-0.2, 0) is 5.41 Å². The minimum Gasteiger partial charge on any atom is -0.314 e. The Kier molecular flexibility index (Phi) is 1.96. The van der Waals surface area contributed by atoms with Gasteiger partial charge in [0.05, 0.1) is 0 Å². The van der Waals surface area contributed by atoms with Gasteiger partial charge in [0.2, 0.25) is 8.41 Å². The standard InChI is InChI=1S/C13H16ClFSi/c1-16(2,15)13-7-12(8-13,9-13)10-3-5-11(14)6-4-10/h3-6H,7-9H2,1-2H3. The van der Waals surface area contributed by atoms with E-state index in [2.05, 4.69) is 12.1 Å². The Balaban J connectivity index is 1.81. The maximum absolute atomic E-state index is 14.1. The van der Waals surface area contributed by atoms with Gasteiger partial charge in [0.1, 0.15) is 0 Å². The van der Waals surface area contributed by atoms with Crippen LogP contribution in [0.3, 0.4) is 0 Å². The van der Waals surface area contributed by atoms with Crippen LogP contribution in [0, 0.1) is 0 Å². The lowest BCUT2D eigenvalue weighted by Crippen LogP contribution is -2.67. The first kappa shape index (κ1) is 10.8. The maximum atomic E-state index is 14.1. The molecule has 0 radical (unpaired) electrons. The molecule has 0 N–H and O–H groups in total. The van der Waals surface area contributed by atoms with E-state index in [4.69, 9.17) is 11.6 Å². The zero-order valence-corrected chi connectivity index (χ0v) is 11.4. The Bertz CT molecular complexity index is 412. The third-order valence-corrected chi connectivity index (χ3v) is 8.05. The van der Waals surface area contributed by atoms with E-state index in [0.717, 1.165) is 24.3 Å². The second-order valence-electron chi connectivity index (χ2n) is 6.07. The Labute approximate surface area is 102 Å². The lowest BCUT2D eigenvalue weighted by atomic mass is 9.41. The van der Waals surface area contributed by atoms with E-state index in [1.165, 1.54) is 5.56 Å². The van der Waals surface area contributed by atoms with Gasteiger partial charge >= 0.3 is 0 Å². The first-order valence-corrected chi connectivity index (χ1v) is 9.08. The average Bonchev–Trinajstić information content (AvgIpc) is 2.00. The second-order valence-corrected chi connectivity index (χ2v) is 10.5. The smallest absolute Gasteiger partial charge is 0.247 e. The molecule has 0 amide bonds. The normalized spacial score (nSPS) is 36.5. The van der Waals surface area contributed by atoms with E-state index < -0.39 is 8.41 Å². The van der Waals surface area contributed by atoms with Crippen LogP contribution < -0.4 is 0 Å². The van der Waals surface area contributed by atoms with Crippen molar-refractivity contribution in [3.8, 4) is 0 Å². The number of halogens is 2. The fourth-order valence-corrected chi connectivity index (χ4v) is 5.93. The van der Waals surface area contributed by atoms with E-state index in [1.807, 2.05) is 25.2 Å². The highest BCUT2D eigenvalue weighted by Crippen LogP contribution is 2.82. The van der Waals surface area contributed by atoms with Gasteiger partial charge in [-0.3, -0.25) is 0 Å². The quantitative estimate of drug-likeness (QED) is 0.531. The van der Waals surface area contributed by atoms with Gasteiger partial charge in [0.25, 0.3) is 0 Å². The topological polar surface area (TPSA) is 0 Å². The minimum absolute atomic E-state index is 0.104. The summed E-state index contributed by atoms with van der Waals surface area (Å²) in [5, 5.41) is 0.886. The van der Waals surface area contributed by atoms with E-state index in [-0.39, 0.29) is 5.04 Å². The summed E-state index contributed by atoms with van der Waals surface area (Å²) < 4.78 is 14.1. The molecular formula is C13H16ClFSi. The first-order chi connectivity index (χ1) is 7.37. The Hall–Kier alpha value is -0.343. The largest absolute Gasteiger partial charge is 0.314 e. The van der Waals surface area contributed by atoms with Gasteiger partial charge in [0, 0.05) is 5.02 Å². The van der Waals surface area contributed by atoms with Gasteiger partial charge in [-0.1, -0.05) is 23.7 Å². The summed E-state index contributed by atoms with van der Waals surface area (Å²) in [6.45, 7) is 3.72. The van der Waals surface area contributed by atoms with Crippen molar-refractivity contribution in [1.29, 1.82) is 0 Å². The molecule has 86 valence electrons. The highest BCUT2D eigenvalue weighted by atomic mass is 35.5. The number of benzene rings is 1. The zero-order chi connectivity index (χ0) is 11.6. The van der Waals surface area contributed by atoms with Crippen LogP contribution in [0.1, 0.15) is 24.8 Å².